The van der Waals surface area contributed by atoms with Crippen molar-refractivity contribution in [2.45, 2.75) is 26.4 Å². The van der Waals surface area contributed by atoms with Gasteiger partial charge in [0.25, 0.3) is 0 Å². The molecule has 126 valence electrons. The second-order valence-electron chi connectivity index (χ2n) is 5.24. The first-order valence-corrected chi connectivity index (χ1v) is 7.57. The molecule has 6 nitrogen and oxygen atoms in total. The molecule has 0 unspecified atom stereocenters. The van der Waals surface area contributed by atoms with Crippen LogP contribution >= 0.6 is 24.0 Å². The molecule has 0 bridgehead atoms. The fourth-order valence-corrected chi connectivity index (χ4v) is 2.13. The first kappa shape index (κ1) is 19.4. The van der Waals surface area contributed by atoms with Gasteiger partial charge in [-0.1, -0.05) is 37.3 Å². The largest absolute Gasteiger partial charge is 0.354 e. The highest BCUT2D eigenvalue weighted by Gasteiger charge is 2.04. The summed E-state index contributed by atoms with van der Waals surface area (Å²) in [5, 5.41) is 11.4. The van der Waals surface area contributed by atoms with Gasteiger partial charge in [0.15, 0.2) is 5.96 Å². The summed E-state index contributed by atoms with van der Waals surface area (Å²) in [6.07, 6.45) is 2.67. The van der Waals surface area contributed by atoms with Gasteiger partial charge >= 0.3 is 0 Å². The number of rotatable bonds is 6. The first-order chi connectivity index (χ1) is 10.7. The van der Waals surface area contributed by atoms with Gasteiger partial charge < -0.3 is 14.8 Å². The van der Waals surface area contributed by atoms with Crippen molar-refractivity contribution in [1.29, 1.82) is 0 Å². The molecule has 1 aromatic carbocycles. The molecule has 0 radical (unpaired) electrons. The zero-order valence-corrected chi connectivity index (χ0v) is 16.3. The number of nitrogens with zero attached hydrogens (tertiary/aromatic N) is 5. The molecule has 1 heterocycles. The molecule has 0 aliphatic carbocycles. The maximum absolute atomic E-state index is 4.65. The van der Waals surface area contributed by atoms with Crippen molar-refractivity contribution in [2.75, 3.05) is 20.6 Å². The van der Waals surface area contributed by atoms with E-state index >= 15 is 0 Å². The van der Waals surface area contributed by atoms with E-state index < -0.39 is 0 Å². The normalized spacial score (nSPS) is 11.0. The zero-order valence-electron chi connectivity index (χ0n) is 13.9. The fraction of sp³-hybridized carbons (Fsp3) is 0.438. The predicted octanol–water partition coefficient (Wildman–Crippen LogP) is 2.17. The fourth-order valence-electron chi connectivity index (χ4n) is 2.13. The molecule has 0 saturated carbocycles. The highest BCUT2D eigenvalue weighted by atomic mass is 127. The third-order valence-corrected chi connectivity index (χ3v) is 3.33. The Labute approximate surface area is 155 Å². The van der Waals surface area contributed by atoms with Crippen molar-refractivity contribution in [3.05, 3.63) is 48.0 Å². The minimum absolute atomic E-state index is 0. The van der Waals surface area contributed by atoms with Crippen LogP contribution in [0.25, 0.3) is 0 Å². The number of nitrogens with one attached hydrogen (secondary N) is 1. The summed E-state index contributed by atoms with van der Waals surface area (Å²) in [6.45, 7) is 4.37. The summed E-state index contributed by atoms with van der Waals surface area (Å²) in [6, 6.07) is 10.3. The number of guanidine groups is 1. The van der Waals surface area contributed by atoms with E-state index in [0.717, 1.165) is 31.3 Å². The van der Waals surface area contributed by atoms with Crippen molar-refractivity contribution in [2.24, 2.45) is 4.99 Å². The third kappa shape index (κ3) is 6.17. The van der Waals surface area contributed by atoms with Crippen molar-refractivity contribution in [1.82, 2.24) is 25.0 Å². The van der Waals surface area contributed by atoms with Gasteiger partial charge in [0, 0.05) is 33.6 Å². The van der Waals surface area contributed by atoms with Crippen LogP contribution in [0.3, 0.4) is 0 Å². The van der Waals surface area contributed by atoms with Gasteiger partial charge in [0.2, 0.25) is 0 Å². The van der Waals surface area contributed by atoms with Gasteiger partial charge in [0.05, 0.1) is 6.54 Å². The molecule has 1 N–H and O–H groups in total. The number of hydrogen-bond donors (Lipinski definition) is 1. The van der Waals surface area contributed by atoms with E-state index in [1.54, 1.807) is 6.33 Å². The van der Waals surface area contributed by atoms with Crippen LogP contribution in [-0.4, -0.2) is 46.3 Å². The number of benzene rings is 1. The Bertz CT molecular complexity index is 594. The molecule has 2 aromatic rings. The molecule has 7 heteroatoms. The maximum atomic E-state index is 4.65. The quantitative estimate of drug-likeness (QED) is 0.436. The van der Waals surface area contributed by atoms with Crippen LogP contribution in [0, 0.1) is 0 Å². The Morgan fingerprint density at radius 1 is 1.26 bits per heavy atom. The van der Waals surface area contributed by atoms with Crippen LogP contribution in [0.2, 0.25) is 0 Å². The highest BCUT2D eigenvalue weighted by molar-refractivity contribution is 14.0. The summed E-state index contributed by atoms with van der Waals surface area (Å²) in [4.78, 5) is 6.64. The topological polar surface area (TPSA) is 58.3 Å². The average Bonchev–Trinajstić information content (AvgIpc) is 2.98. The van der Waals surface area contributed by atoms with Crippen LogP contribution in [0.4, 0.5) is 0 Å². The van der Waals surface area contributed by atoms with Gasteiger partial charge in [0.1, 0.15) is 12.2 Å². The standard InChI is InChI=1S/C16H24N6.HI/c1-4-15-20-19-13-22(15)11-10-17-16(21(2)3)18-12-14-8-6-5-7-9-14;/h5-9,13H,4,10-12H2,1-3H3,(H,17,18);1H. The van der Waals surface area contributed by atoms with E-state index in [-0.39, 0.29) is 24.0 Å². The van der Waals surface area contributed by atoms with Gasteiger partial charge in [-0.2, -0.15) is 0 Å². The van der Waals surface area contributed by atoms with E-state index in [9.17, 15) is 0 Å². The van der Waals surface area contributed by atoms with Gasteiger partial charge in [-0.15, -0.1) is 34.2 Å². The number of aliphatic imine (C=N–C) groups is 1. The lowest BCUT2D eigenvalue weighted by Gasteiger charge is -2.18. The SMILES string of the molecule is CCc1nncn1CCNC(=NCc1ccccc1)N(C)C.I. The monoisotopic (exact) mass is 428 g/mol. The van der Waals surface area contributed by atoms with Crippen LogP contribution in [-0.2, 0) is 19.5 Å². The second kappa shape index (κ2) is 10.2. The number of halogens is 1. The summed E-state index contributed by atoms with van der Waals surface area (Å²) in [5.41, 5.74) is 1.20. The maximum Gasteiger partial charge on any atom is 0.193 e. The smallest absolute Gasteiger partial charge is 0.193 e. The molecule has 0 spiro atoms. The van der Waals surface area contributed by atoms with Crippen molar-refractivity contribution < 1.29 is 0 Å². The Hall–Kier alpha value is -1.64. The van der Waals surface area contributed by atoms with Crippen LogP contribution in [0.15, 0.2) is 41.7 Å². The molecule has 0 amide bonds. The van der Waals surface area contributed by atoms with Crippen molar-refractivity contribution in [3.63, 3.8) is 0 Å². The molecular weight excluding hydrogens is 403 g/mol. The molecule has 23 heavy (non-hydrogen) atoms. The zero-order chi connectivity index (χ0) is 15.8. The van der Waals surface area contributed by atoms with Crippen molar-refractivity contribution >= 4 is 29.9 Å². The molecule has 0 aliphatic rings. The van der Waals surface area contributed by atoms with Crippen LogP contribution in [0.5, 0.6) is 0 Å². The van der Waals surface area contributed by atoms with Gasteiger partial charge in [-0.05, 0) is 5.56 Å². The molecule has 0 fully saturated rings. The lowest BCUT2D eigenvalue weighted by Crippen LogP contribution is -2.38. The molecule has 0 atom stereocenters. The Morgan fingerprint density at radius 3 is 2.65 bits per heavy atom. The van der Waals surface area contributed by atoms with Crippen molar-refractivity contribution in [3.8, 4) is 0 Å². The predicted molar refractivity (Wildman–Crippen MR) is 104 cm³/mol. The van der Waals surface area contributed by atoms with E-state index in [1.807, 2.05) is 37.2 Å². The molecule has 2 rings (SSSR count). The lowest BCUT2D eigenvalue weighted by atomic mass is 10.2. The summed E-state index contributed by atoms with van der Waals surface area (Å²) >= 11 is 0. The third-order valence-electron chi connectivity index (χ3n) is 3.33. The number of hydrogen-bond acceptors (Lipinski definition) is 3. The molecule has 0 saturated heterocycles. The molecular formula is C16H25IN6. The van der Waals surface area contributed by atoms with E-state index in [0.29, 0.717) is 6.54 Å². The average molecular weight is 428 g/mol. The second-order valence-corrected chi connectivity index (χ2v) is 5.24. The van der Waals surface area contributed by atoms with Gasteiger partial charge in [-0.25, -0.2) is 4.99 Å². The van der Waals surface area contributed by atoms with Gasteiger partial charge in [-0.3, -0.25) is 0 Å². The van der Waals surface area contributed by atoms with Crippen LogP contribution in [0.1, 0.15) is 18.3 Å². The molecule has 1 aromatic heterocycles. The minimum atomic E-state index is 0. The Morgan fingerprint density at radius 2 is 2.00 bits per heavy atom. The summed E-state index contributed by atoms with van der Waals surface area (Å²) in [7, 11) is 3.99. The number of aromatic nitrogens is 3. The summed E-state index contributed by atoms with van der Waals surface area (Å²) < 4.78 is 2.07. The van der Waals surface area contributed by atoms with Crippen LogP contribution < -0.4 is 5.32 Å². The van der Waals surface area contributed by atoms with E-state index in [4.69, 9.17) is 0 Å². The van der Waals surface area contributed by atoms with E-state index in [1.165, 1.54) is 5.56 Å². The Balaban J connectivity index is 0.00000264. The lowest BCUT2D eigenvalue weighted by molar-refractivity contribution is 0.559. The highest BCUT2D eigenvalue weighted by Crippen LogP contribution is 2.00. The summed E-state index contributed by atoms with van der Waals surface area (Å²) in [5.74, 6) is 1.89. The van der Waals surface area contributed by atoms with E-state index in [2.05, 4.69) is 44.1 Å². The first-order valence-electron chi connectivity index (χ1n) is 7.57. The molecule has 0 aliphatic heterocycles. The number of aryl methyl sites for hydroxylation is 1. The minimum Gasteiger partial charge on any atom is -0.354 e. The Kier molecular flexibility index (Phi) is 8.60.